The second-order valence-electron chi connectivity index (χ2n) is 5.48. The molecule has 0 aliphatic carbocycles. The highest BCUT2D eigenvalue weighted by Crippen LogP contribution is 2.22. The number of nitrogens with one attached hydrogen (secondary N) is 1. The van der Waals surface area contributed by atoms with Crippen molar-refractivity contribution in [2.45, 2.75) is 19.9 Å². The molecular formula is C17H16F2N4O2. The van der Waals surface area contributed by atoms with Crippen molar-refractivity contribution in [3.63, 3.8) is 0 Å². The zero-order chi connectivity index (χ0) is 17.8. The van der Waals surface area contributed by atoms with Gasteiger partial charge in [0, 0.05) is 37.1 Å². The fourth-order valence-corrected chi connectivity index (χ4v) is 2.35. The van der Waals surface area contributed by atoms with Crippen molar-refractivity contribution in [2.24, 2.45) is 0 Å². The van der Waals surface area contributed by atoms with Crippen LogP contribution in [0.5, 0.6) is 0 Å². The molecule has 0 aliphatic rings. The van der Waals surface area contributed by atoms with Crippen LogP contribution in [0.3, 0.4) is 0 Å². The number of amides is 1. The fraction of sp³-hybridized carbons (Fsp3) is 0.235. The van der Waals surface area contributed by atoms with Crippen molar-refractivity contribution in [2.75, 3.05) is 6.54 Å². The first-order chi connectivity index (χ1) is 12.0. The number of hydrogen-bond donors (Lipinski definition) is 1. The van der Waals surface area contributed by atoms with Crippen molar-refractivity contribution in [1.82, 2.24) is 20.0 Å². The predicted octanol–water partition coefficient (Wildman–Crippen LogP) is 2.94. The molecule has 1 amide bonds. The Morgan fingerprint density at radius 3 is 2.84 bits per heavy atom. The van der Waals surface area contributed by atoms with Gasteiger partial charge in [0.25, 0.3) is 5.91 Å². The van der Waals surface area contributed by atoms with Crippen molar-refractivity contribution >= 4 is 5.91 Å². The SMILES string of the molecule is Cc1nccn1CCCNC(=O)c1cc(-c2ccc(F)c(F)c2)on1. The molecule has 0 bridgehead atoms. The summed E-state index contributed by atoms with van der Waals surface area (Å²) in [5.41, 5.74) is 0.388. The summed E-state index contributed by atoms with van der Waals surface area (Å²) in [6.07, 6.45) is 4.34. The molecule has 0 saturated carbocycles. The number of imidazole rings is 1. The maximum atomic E-state index is 13.3. The molecule has 0 radical (unpaired) electrons. The first-order valence-electron chi connectivity index (χ1n) is 7.72. The van der Waals surface area contributed by atoms with E-state index in [9.17, 15) is 13.6 Å². The molecule has 8 heteroatoms. The molecule has 25 heavy (non-hydrogen) atoms. The molecule has 2 heterocycles. The molecule has 3 aromatic rings. The van der Waals surface area contributed by atoms with Gasteiger partial charge in [0.15, 0.2) is 23.1 Å². The average Bonchev–Trinajstić information content (AvgIpc) is 3.23. The van der Waals surface area contributed by atoms with Gasteiger partial charge in [-0.1, -0.05) is 5.16 Å². The van der Waals surface area contributed by atoms with Gasteiger partial charge in [0.2, 0.25) is 0 Å². The number of aromatic nitrogens is 3. The summed E-state index contributed by atoms with van der Waals surface area (Å²) < 4.78 is 33.2. The van der Waals surface area contributed by atoms with E-state index < -0.39 is 11.6 Å². The highest BCUT2D eigenvalue weighted by molar-refractivity contribution is 5.93. The van der Waals surface area contributed by atoms with Gasteiger partial charge >= 0.3 is 0 Å². The standard InChI is InChI=1S/C17H16F2N4O2/c1-11-20-6-8-23(11)7-2-5-21-17(24)15-10-16(25-22-15)12-3-4-13(18)14(19)9-12/h3-4,6,8-10H,2,5,7H2,1H3,(H,21,24). The molecule has 0 atom stereocenters. The smallest absolute Gasteiger partial charge is 0.273 e. The Morgan fingerprint density at radius 2 is 2.12 bits per heavy atom. The van der Waals surface area contributed by atoms with Crippen LogP contribution in [0.1, 0.15) is 22.7 Å². The Hall–Kier alpha value is -3.03. The number of hydrogen-bond acceptors (Lipinski definition) is 4. The Balaban J connectivity index is 1.55. The summed E-state index contributed by atoms with van der Waals surface area (Å²) >= 11 is 0. The van der Waals surface area contributed by atoms with Crippen LogP contribution < -0.4 is 5.32 Å². The van der Waals surface area contributed by atoms with E-state index in [1.807, 2.05) is 17.7 Å². The fourth-order valence-electron chi connectivity index (χ4n) is 2.35. The quantitative estimate of drug-likeness (QED) is 0.697. The molecule has 0 unspecified atom stereocenters. The predicted molar refractivity (Wildman–Crippen MR) is 85.8 cm³/mol. The number of carbonyl (C=O) groups excluding carboxylic acids is 1. The summed E-state index contributed by atoms with van der Waals surface area (Å²) in [4.78, 5) is 16.2. The second kappa shape index (κ2) is 7.25. The van der Waals surface area contributed by atoms with E-state index in [1.54, 1.807) is 6.20 Å². The zero-order valence-corrected chi connectivity index (χ0v) is 13.5. The van der Waals surface area contributed by atoms with E-state index >= 15 is 0 Å². The maximum Gasteiger partial charge on any atom is 0.273 e. The van der Waals surface area contributed by atoms with E-state index in [0.29, 0.717) is 12.1 Å². The lowest BCUT2D eigenvalue weighted by Crippen LogP contribution is -2.25. The molecule has 130 valence electrons. The third-order valence-electron chi connectivity index (χ3n) is 3.73. The lowest BCUT2D eigenvalue weighted by molar-refractivity contribution is 0.0944. The van der Waals surface area contributed by atoms with Gasteiger partial charge in [-0.05, 0) is 31.5 Å². The molecule has 2 aromatic heterocycles. The molecular weight excluding hydrogens is 330 g/mol. The Labute approximate surface area is 142 Å². The third kappa shape index (κ3) is 3.90. The van der Waals surface area contributed by atoms with Crippen molar-refractivity contribution < 1.29 is 18.1 Å². The second-order valence-corrected chi connectivity index (χ2v) is 5.48. The first-order valence-corrected chi connectivity index (χ1v) is 7.72. The summed E-state index contributed by atoms with van der Waals surface area (Å²) in [5, 5.41) is 6.41. The minimum absolute atomic E-state index is 0.0820. The number of halogens is 2. The molecule has 0 fully saturated rings. The van der Waals surface area contributed by atoms with Crippen molar-refractivity contribution in [3.8, 4) is 11.3 Å². The summed E-state index contributed by atoms with van der Waals surface area (Å²) in [6, 6.07) is 4.73. The minimum Gasteiger partial charge on any atom is -0.355 e. The Bertz CT molecular complexity index is 888. The van der Waals surface area contributed by atoms with Crippen LogP contribution in [0.15, 0.2) is 41.2 Å². The highest BCUT2D eigenvalue weighted by Gasteiger charge is 2.14. The molecule has 0 aliphatic heterocycles. The monoisotopic (exact) mass is 346 g/mol. The minimum atomic E-state index is -0.991. The van der Waals surface area contributed by atoms with E-state index in [4.69, 9.17) is 4.52 Å². The molecule has 1 aromatic carbocycles. The number of benzene rings is 1. The number of aryl methyl sites for hydroxylation is 2. The number of carbonyl (C=O) groups is 1. The van der Waals surface area contributed by atoms with Gasteiger partial charge in [-0.2, -0.15) is 0 Å². The zero-order valence-electron chi connectivity index (χ0n) is 13.5. The number of nitrogens with zero attached hydrogens (tertiary/aromatic N) is 3. The van der Waals surface area contributed by atoms with Crippen LogP contribution in [-0.2, 0) is 6.54 Å². The average molecular weight is 346 g/mol. The maximum absolute atomic E-state index is 13.3. The lowest BCUT2D eigenvalue weighted by atomic mass is 10.1. The van der Waals surface area contributed by atoms with Gasteiger partial charge in [0.1, 0.15) is 5.82 Å². The summed E-state index contributed by atoms with van der Waals surface area (Å²) in [7, 11) is 0. The lowest BCUT2D eigenvalue weighted by Gasteiger charge is -2.05. The van der Waals surface area contributed by atoms with Crippen molar-refractivity contribution in [1.29, 1.82) is 0 Å². The van der Waals surface area contributed by atoms with Crippen LogP contribution >= 0.6 is 0 Å². The molecule has 3 rings (SSSR count). The van der Waals surface area contributed by atoms with Crippen LogP contribution in [0.25, 0.3) is 11.3 Å². The molecule has 6 nitrogen and oxygen atoms in total. The normalized spacial score (nSPS) is 10.8. The van der Waals surface area contributed by atoms with E-state index in [1.165, 1.54) is 12.1 Å². The van der Waals surface area contributed by atoms with Crippen molar-refractivity contribution in [3.05, 3.63) is 59.8 Å². The highest BCUT2D eigenvalue weighted by atomic mass is 19.2. The largest absolute Gasteiger partial charge is 0.355 e. The van der Waals surface area contributed by atoms with Gasteiger partial charge in [-0.3, -0.25) is 4.79 Å². The Kier molecular flexibility index (Phi) is 4.87. The van der Waals surface area contributed by atoms with Gasteiger partial charge in [0.05, 0.1) is 0 Å². The molecule has 0 saturated heterocycles. The van der Waals surface area contributed by atoms with Crippen LogP contribution in [0.2, 0.25) is 0 Å². The van der Waals surface area contributed by atoms with E-state index in [-0.39, 0.29) is 17.4 Å². The Morgan fingerprint density at radius 1 is 1.28 bits per heavy atom. The van der Waals surface area contributed by atoms with Gasteiger partial charge in [-0.25, -0.2) is 13.8 Å². The van der Waals surface area contributed by atoms with Gasteiger partial charge in [-0.15, -0.1) is 0 Å². The summed E-state index contributed by atoms with van der Waals surface area (Å²) in [5.74, 6) is -1.22. The number of rotatable bonds is 6. The molecule has 1 N–H and O–H groups in total. The van der Waals surface area contributed by atoms with Gasteiger partial charge < -0.3 is 14.4 Å². The molecule has 0 spiro atoms. The van der Waals surface area contributed by atoms with Crippen LogP contribution in [0.4, 0.5) is 8.78 Å². The first kappa shape index (κ1) is 16.8. The van der Waals surface area contributed by atoms with E-state index in [0.717, 1.165) is 30.9 Å². The van der Waals surface area contributed by atoms with E-state index in [2.05, 4.69) is 15.5 Å². The summed E-state index contributed by atoms with van der Waals surface area (Å²) in [6.45, 7) is 3.11. The third-order valence-corrected chi connectivity index (χ3v) is 3.73. The topological polar surface area (TPSA) is 73.0 Å². The van der Waals surface area contributed by atoms with Crippen LogP contribution in [0, 0.1) is 18.6 Å². The van der Waals surface area contributed by atoms with Crippen LogP contribution in [-0.4, -0.2) is 27.2 Å².